The molecule has 29 heavy (non-hydrogen) atoms. The van der Waals surface area contributed by atoms with Gasteiger partial charge in [-0.1, -0.05) is 0 Å². The van der Waals surface area contributed by atoms with Crippen LogP contribution >= 0.6 is 0 Å². The van der Waals surface area contributed by atoms with Gasteiger partial charge in [0.1, 0.15) is 30.0 Å². The number of carbonyl (C=O) groups is 1. The number of carboxylic acid groups (broad SMARTS) is 1. The van der Waals surface area contributed by atoms with Gasteiger partial charge in [0, 0.05) is 11.6 Å². The Kier molecular flexibility index (Phi) is 4.14. The molecule has 0 fully saturated rings. The Balaban J connectivity index is 2.04. The van der Waals surface area contributed by atoms with Gasteiger partial charge < -0.3 is 15.4 Å². The summed E-state index contributed by atoms with van der Waals surface area (Å²) in [6, 6.07) is 5.81. The largest absolute Gasteiger partial charge is 0.480 e. The van der Waals surface area contributed by atoms with Gasteiger partial charge in [0.05, 0.1) is 10.9 Å². The number of fused-ring (bicyclic) bond motifs is 3. The Morgan fingerprint density at radius 2 is 1.93 bits per heavy atom. The van der Waals surface area contributed by atoms with Gasteiger partial charge in [0.15, 0.2) is 0 Å². The maximum atomic E-state index is 13.0. The highest BCUT2D eigenvalue weighted by Crippen LogP contribution is 2.37. The number of aliphatic carboxylic acids is 1. The van der Waals surface area contributed by atoms with Gasteiger partial charge in [0.25, 0.3) is 0 Å². The summed E-state index contributed by atoms with van der Waals surface area (Å²) in [5.74, 6) is -0.903. The van der Waals surface area contributed by atoms with E-state index in [1.165, 1.54) is 17.0 Å². The van der Waals surface area contributed by atoms with Crippen molar-refractivity contribution in [1.82, 2.24) is 19.5 Å². The molecule has 3 heterocycles. The third-order valence-corrected chi connectivity index (χ3v) is 4.63. The maximum Gasteiger partial charge on any atom is 0.433 e. The number of pyridine rings is 1. The Labute approximate surface area is 161 Å². The van der Waals surface area contributed by atoms with Crippen LogP contribution in [-0.4, -0.2) is 30.6 Å². The minimum atomic E-state index is -4.56. The molecule has 0 aliphatic carbocycles. The lowest BCUT2D eigenvalue weighted by Gasteiger charge is -2.10. The third-order valence-electron chi connectivity index (χ3n) is 4.63. The fourth-order valence-electron chi connectivity index (χ4n) is 3.51. The van der Waals surface area contributed by atoms with Crippen molar-refractivity contribution < 1.29 is 23.1 Å². The Hall–Kier alpha value is -3.69. The summed E-state index contributed by atoms with van der Waals surface area (Å²) in [5.41, 5.74) is 7.46. The van der Waals surface area contributed by atoms with Crippen molar-refractivity contribution in [2.45, 2.75) is 19.6 Å². The lowest BCUT2D eigenvalue weighted by atomic mass is 10.00. The first-order chi connectivity index (χ1) is 13.7. The monoisotopic (exact) mass is 401 g/mol. The number of hydrogen-bond donors (Lipinski definition) is 2. The van der Waals surface area contributed by atoms with Crippen molar-refractivity contribution in [3.05, 3.63) is 48.0 Å². The van der Waals surface area contributed by atoms with E-state index in [2.05, 4.69) is 15.0 Å². The molecule has 1 aromatic carbocycles. The molecule has 0 aliphatic rings. The van der Waals surface area contributed by atoms with Crippen LogP contribution in [0, 0.1) is 6.92 Å². The second kappa shape index (κ2) is 6.43. The highest BCUT2D eigenvalue weighted by molar-refractivity contribution is 6.13. The number of aromatic nitrogens is 4. The van der Waals surface area contributed by atoms with Gasteiger partial charge in [-0.05, 0) is 47.9 Å². The number of hydrogen-bond acceptors (Lipinski definition) is 5. The van der Waals surface area contributed by atoms with Gasteiger partial charge in [-0.15, -0.1) is 0 Å². The molecule has 0 aliphatic heterocycles. The number of carboxylic acids is 1. The molecule has 3 aromatic heterocycles. The molecule has 0 radical (unpaired) electrons. The van der Waals surface area contributed by atoms with Crippen molar-refractivity contribution in [3.8, 4) is 11.1 Å². The van der Waals surface area contributed by atoms with Gasteiger partial charge in [-0.3, -0.25) is 9.78 Å². The van der Waals surface area contributed by atoms with E-state index in [1.54, 1.807) is 19.1 Å². The normalized spacial score (nSPS) is 12.0. The molecule has 0 saturated carbocycles. The molecule has 0 atom stereocenters. The molecular weight excluding hydrogens is 387 g/mol. The van der Waals surface area contributed by atoms with Gasteiger partial charge in [0.2, 0.25) is 0 Å². The smallest absolute Gasteiger partial charge is 0.433 e. The molecule has 0 spiro atoms. The minimum Gasteiger partial charge on any atom is -0.480 e. The molecule has 4 aromatic rings. The van der Waals surface area contributed by atoms with Crippen LogP contribution in [0.1, 0.15) is 11.3 Å². The number of rotatable bonds is 3. The molecule has 3 N–H and O–H groups in total. The van der Waals surface area contributed by atoms with Crippen LogP contribution in [0.15, 0.2) is 36.8 Å². The van der Waals surface area contributed by atoms with Crippen molar-refractivity contribution >= 4 is 33.7 Å². The SMILES string of the molecule is Cc1cc(-c2ccnc(C(F)(F)F)c2)cc2c3c(N)ncnc3n(CC(=O)O)c12. The number of anilines is 1. The summed E-state index contributed by atoms with van der Waals surface area (Å²) in [6.07, 6.45) is -2.22. The second-order valence-corrected chi connectivity index (χ2v) is 6.55. The third kappa shape index (κ3) is 3.12. The first-order valence-corrected chi connectivity index (χ1v) is 8.45. The van der Waals surface area contributed by atoms with Crippen LogP contribution in [0.25, 0.3) is 33.1 Å². The van der Waals surface area contributed by atoms with E-state index in [0.29, 0.717) is 38.6 Å². The molecule has 148 valence electrons. The fraction of sp³-hybridized carbons (Fsp3) is 0.158. The van der Waals surface area contributed by atoms with Crippen molar-refractivity contribution in [2.75, 3.05) is 5.73 Å². The zero-order chi connectivity index (χ0) is 20.9. The number of alkyl halides is 3. The van der Waals surface area contributed by atoms with Gasteiger partial charge >= 0.3 is 12.1 Å². The number of aryl methyl sites for hydroxylation is 1. The van der Waals surface area contributed by atoms with Crippen LogP contribution in [0.4, 0.5) is 19.0 Å². The summed E-state index contributed by atoms with van der Waals surface area (Å²) in [6.45, 7) is 1.41. The number of nitrogens with two attached hydrogens (primary N) is 1. The number of nitrogen functional groups attached to an aromatic ring is 1. The summed E-state index contributed by atoms with van der Waals surface area (Å²) in [7, 11) is 0. The quantitative estimate of drug-likeness (QED) is 0.543. The summed E-state index contributed by atoms with van der Waals surface area (Å²) < 4.78 is 40.7. The summed E-state index contributed by atoms with van der Waals surface area (Å²) in [4.78, 5) is 22.9. The van der Waals surface area contributed by atoms with E-state index in [9.17, 15) is 23.1 Å². The van der Waals surface area contributed by atoms with Crippen molar-refractivity contribution in [1.29, 1.82) is 0 Å². The Morgan fingerprint density at radius 3 is 2.62 bits per heavy atom. The number of benzene rings is 1. The molecule has 0 amide bonds. The standard InChI is InChI=1S/C19H14F3N5O2/c1-9-4-11(10-2-3-24-13(6-10)19(20,21)22)5-12-15-17(23)25-8-26-18(15)27(16(9)12)7-14(28)29/h2-6,8H,7H2,1H3,(H,28,29)(H2,23,25,26). The van der Waals surface area contributed by atoms with Crippen LogP contribution in [0.2, 0.25) is 0 Å². The second-order valence-electron chi connectivity index (χ2n) is 6.55. The van der Waals surface area contributed by atoms with E-state index < -0.39 is 17.8 Å². The predicted molar refractivity (Wildman–Crippen MR) is 100 cm³/mol. The Morgan fingerprint density at radius 1 is 1.17 bits per heavy atom. The van der Waals surface area contributed by atoms with E-state index >= 15 is 0 Å². The van der Waals surface area contributed by atoms with E-state index in [1.807, 2.05) is 0 Å². The lowest BCUT2D eigenvalue weighted by Crippen LogP contribution is -2.09. The summed E-state index contributed by atoms with van der Waals surface area (Å²) in [5, 5.41) is 10.3. The Bertz CT molecular complexity index is 1280. The molecule has 0 bridgehead atoms. The van der Waals surface area contributed by atoms with Crippen molar-refractivity contribution in [3.63, 3.8) is 0 Å². The zero-order valence-electron chi connectivity index (χ0n) is 15.0. The lowest BCUT2D eigenvalue weighted by molar-refractivity contribution is -0.141. The minimum absolute atomic E-state index is 0.159. The molecule has 4 rings (SSSR count). The van der Waals surface area contributed by atoms with Crippen LogP contribution in [0.5, 0.6) is 0 Å². The van der Waals surface area contributed by atoms with Crippen molar-refractivity contribution in [2.24, 2.45) is 0 Å². The number of halogens is 3. The van der Waals surface area contributed by atoms with Crippen LogP contribution in [0.3, 0.4) is 0 Å². The average Bonchev–Trinajstić information content (AvgIpc) is 2.96. The highest BCUT2D eigenvalue weighted by Gasteiger charge is 2.32. The molecule has 0 unspecified atom stereocenters. The van der Waals surface area contributed by atoms with Gasteiger partial charge in [-0.25, -0.2) is 9.97 Å². The van der Waals surface area contributed by atoms with Crippen LogP contribution < -0.4 is 5.73 Å². The maximum absolute atomic E-state index is 13.0. The first kappa shape index (κ1) is 18.7. The topological polar surface area (TPSA) is 107 Å². The fourth-order valence-corrected chi connectivity index (χ4v) is 3.51. The average molecular weight is 401 g/mol. The highest BCUT2D eigenvalue weighted by atomic mass is 19.4. The molecule has 10 heteroatoms. The molecule has 0 saturated heterocycles. The summed E-state index contributed by atoms with van der Waals surface area (Å²) >= 11 is 0. The number of nitrogens with zero attached hydrogens (tertiary/aromatic N) is 4. The van der Waals surface area contributed by atoms with E-state index in [-0.39, 0.29) is 12.4 Å². The zero-order valence-corrected chi connectivity index (χ0v) is 15.0. The molecular formula is C19H14F3N5O2. The predicted octanol–water partition coefficient (Wildman–Crippen LogP) is 3.64. The van der Waals surface area contributed by atoms with E-state index in [0.717, 1.165) is 12.3 Å². The van der Waals surface area contributed by atoms with Gasteiger partial charge in [-0.2, -0.15) is 13.2 Å². The van der Waals surface area contributed by atoms with E-state index in [4.69, 9.17) is 5.73 Å². The first-order valence-electron chi connectivity index (χ1n) is 8.45. The molecule has 7 nitrogen and oxygen atoms in total. The van der Waals surface area contributed by atoms with Crippen LogP contribution in [-0.2, 0) is 17.5 Å².